The number of nitrogens with one attached hydrogen (secondary N) is 1. The van der Waals surface area contributed by atoms with Crippen molar-refractivity contribution in [2.24, 2.45) is 0 Å². The fourth-order valence-electron chi connectivity index (χ4n) is 3.52. The Kier molecular flexibility index (Phi) is 6.99. The monoisotopic (exact) mass is 432 g/mol. The van der Waals surface area contributed by atoms with Crippen LogP contribution in [0.25, 0.3) is 0 Å². The molecule has 2 aromatic rings. The number of piperidine rings is 1. The molecule has 1 heterocycles. The third-order valence-corrected chi connectivity index (χ3v) is 7.29. The zero-order valence-electron chi connectivity index (χ0n) is 17.6. The van der Waals surface area contributed by atoms with E-state index >= 15 is 0 Å². The lowest BCUT2D eigenvalue weighted by atomic mass is 10.1. The average Bonchev–Trinajstić information content (AvgIpc) is 2.77. The number of amides is 1. The lowest BCUT2D eigenvalue weighted by molar-refractivity contribution is 0.0950. The fraction of sp³-hybridized carbons (Fsp3) is 0.409. The van der Waals surface area contributed by atoms with E-state index in [-0.39, 0.29) is 17.3 Å². The second-order valence-corrected chi connectivity index (χ2v) is 9.25. The molecule has 0 aliphatic carbocycles. The Morgan fingerprint density at radius 1 is 1.00 bits per heavy atom. The molecule has 162 valence electrons. The highest BCUT2D eigenvalue weighted by Crippen LogP contribution is 2.25. The van der Waals surface area contributed by atoms with E-state index in [1.165, 1.54) is 10.4 Å². The number of hydrogen-bond donors (Lipinski definition) is 1. The molecular weight excluding hydrogens is 404 g/mol. The van der Waals surface area contributed by atoms with Crippen molar-refractivity contribution in [1.82, 2.24) is 9.62 Å². The number of rotatable bonds is 7. The Hall–Kier alpha value is -2.58. The topological polar surface area (TPSA) is 84.9 Å². The highest BCUT2D eigenvalue weighted by Gasteiger charge is 2.28. The highest BCUT2D eigenvalue weighted by atomic mass is 32.2. The summed E-state index contributed by atoms with van der Waals surface area (Å²) in [6.45, 7) is 3.06. The molecule has 1 saturated heterocycles. The van der Waals surface area contributed by atoms with Crippen molar-refractivity contribution >= 4 is 15.9 Å². The number of carbonyl (C=O) groups excluding carboxylic acids is 1. The van der Waals surface area contributed by atoms with Gasteiger partial charge in [0.1, 0.15) is 11.5 Å². The summed E-state index contributed by atoms with van der Waals surface area (Å²) in [7, 11) is -0.487. The van der Waals surface area contributed by atoms with Gasteiger partial charge >= 0.3 is 0 Å². The summed E-state index contributed by atoms with van der Waals surface area (Å²) in [5.74, 6) is 0.916. The predicted octanol–water partition coefficient (Wildman–Crippen LogP) is 3.12. The minimum atomic E-state index is -3.61. The fourth-order valence-corrected chi connectivity index (χ4v) is 5.28. The number of carbonyl (C=O) groups is 1. The molecule has 1 amide bonds. The molecule has 0 spiro atoms. The average molecular weight is 433 g/mol. The SMILES string of the molecule is COc1cc(CNC(=O)c2ccc(C)c(S(=O)(=O)N3CCCCC3)c2)cc(OC)c1. The van der Waals surface area contributed by atoms with E-state index in [2.05, 4.69) is 5.32 Å². The molecular formula is C22H28N2O5S. The Balaban J connectivity index is 1.78. The van der Waals surface area contributed by atoms with Crippen molar-refractivity contribution in [1.29, 1.82) is 0 Å². The maximum absolute atomic E-state index is 13.1. The maximum atomic E-state index is 13.1. The lowest BCUT2D eigenvalue weighted by Gasteiger charge is -2.26. The van der Waals surface area contributed by atoms with Crippen LogP contribution in [0.4, 0.5) is 0 Å². The third-order valence-electron chi connectivity index (χ3n) is 5.25. The number of nitrogens with zero attached hydrogens (tertiary/aromatic N) is 1. The van der Waals surface area contributed by atoms with E-state index in [9.17, 15) is 13.2 Å². The molecule has 30 heavy (non-hydrogen) atoms. The summed E-state index contributed by atoms with van der Waals surface area (Å²) in [5, 5.41) is 2.84. The lowest BCUT2D eigenvalue weighted by Crippen LogP contribution is -2.36. The van der Waals surface area contributed by atoms with E-state index in [0.29, 0.717) is 35.7 Å². The number of hydrogen-bond acceptors (Lipinski definition) is 5. The van der Waals surface area contributed by atoms with E-state index in [1.807, 2.05) is 12.1 Å². The van der Waals surface area contributed by atoms with Crippen molar-refractivity contribution in [2.45, 2.75) is 37.6 Å². The Morgan fingerprint density at radius 3 is 2.23 bits per heavy atom. The molecule has 7 nitrogen and oxygen atoms in total. The van der Waals surface area contributed by atoms with Gasteiger partial charge in [0.05, 0.1) is 19.1 Å². The minimum absolute atomic E-state index is 0.195. The maximum Gasteiger partial charge on any atom is 0.251 e. The first-order valence-corrected chi connectivity index (χ1v) is 11.4. The smallest absolute Gasteiger partial charge is 0.251 e. The molecule has 0 bridgehead atoms. The highest BCUT2D eigenvalue weighted by molar-refractivity contribution is 7.89. The van der Waals surface area contributed by atoms with E-state index in [1.54, 1.807) is 39.3 Å². The Labute approximate surface area is 178 Å². The third kappa shape index (κ3) is 4.94. The summed E-state index contributed by atoms with van der Waals surface area (Å²) in [6.07, 6.45) is 2.77. The molecule has 0 radical (unpaired) electrons. The van der Waals surface area contributed by atoms with Gasteiger partial charge in [-0.2, -0.15) is 4.31 Å². The second kappa shape index (κ2) is 9.49. The van der Waals surface area contributed by atoms with Gasteiger partial charge in [-0.1, -0.05) is 12.5 Å². The van der Waals surface area contributed by atoms with Crippen molar-refractivity contribution in [2.75, 3.05) is 27.3 Å². The summed E-state index contributed by atoms with van der Waals surface area (Å²) in [6, 6.07) is 10.2. The van der Waals surface area contributed by atoms with Crippen molar-refractivity contribution in [3.8, 4) is 11.5 Å². The zero-order valence-corrected chi connectivity index (χ0v) is 18.4. The van der Waals surface area contributed by atoms with Crippen molar-refractivity contribution in [3.05, 3.63) is 53.1 Å². The number of aryl methyl sites for hydroxylation is 1. The largest absolute Gasteiger partial charge is 0.497 e. The van der Waals surface area contributed by atoms with Crippen molar-refractivity contribution in [3.63, 3.8) is 0 Å². The summed E-state index contributed by atoms with van der Waals surface area (Å²) in [4.78, 5) is 12.9. The van der Waals surface area contributed by atoms with E-state index in [4.69, 9.17) is 9.47 Å². The molecule has 1 aliphatic heterocycles. The minimum Gasteiger partial charge on any atom is -0.497 e. The summed E-state index contributed by atoms with van der Waals surface area (Å²) >= 11 is 0. The van der Waals surface area contributed by atoms with Gasteiger partial charge in [0.2, 0.25) is 10.0 Å². The Bertz CT molecular complexity index is 992. The van der Waals surface area contributed by atoms with Crippen LogP contribution in [0.1, 0.15) is 40.7 Å². The number of benzene rings is 2. The molecule has 0 aromatic heterocycles. The molecule has 0 atom stereocenters. The van der Waals surface area contributed by atoms with Crippen LogP contribution in [0.3, 0.4) is 0 Å². The standard InChI is InChI=1S/C22H28N2O5S/c1-16-7-8-18(13-21(16)30(26,27)24-9-5-4-6-10-24)22(25)23-15-17-11-19(28-2)14-20(12-17)29-3/h7-8,11-14H,4-6,9-10,15H2,1-3H3,(H,23,25). The number of methoxy groups -OCH3 is 2. The molecule has 1 aliphatic rings. The molecule has 2 aromatic carbocycles. The summed E-state index contributed by atoms with van der Waals surface area (Å²) < 4.78 is 38.2. The first-order chi connectivity index (χ1) is 14.3. The van der Waals surface area contributed by atoms with Gasteiger partial charge in [0.15, 0.2) is 0 Å². The van der Waals surface area contributed by atoms with Gasteiger partial charge in [0.25, 0.3) is 5.91 Å². The normalized spacial score (nSPS) is 14.9. The Morgan fingerprint density at radius 2 is 1.63 bits per heavy atom. The van der Waals surface area contributed by atoms with Crippen molar-refractivity contribution < 1.29 is 22.7 Å². The van der Waals surface area contributed by atoms with Gasteiger partial charge in [-0.25, -0.2) is 8.42 Å². The van der Waals surface area contributed by atoms with Gasteiger partial charge < -0.3 is 14.8 Å². The van der Waals surface area contributed by atoms with Crippen LogP contribution in [0.5, 0.6) is 11.5 Å². The molecule has 0 saturated carbocycles. The van der Waals surface area contributed by atoms with Crippen LogP contribution in [0, 0.1) is 6.92 Å². The first kappa shape index (κ1) is 22.1. The summed E-state index contributed by atoms with van der Waals surface area (Å²) in [5.41, 5.74) is 1.76. The van der Waals surface area contributed by atoms with Crippen LogP contribution in [-0.2, 0) is 16.6 Å². The molecule has 0 unspecified atom stereocenters. The van der Waals surface area contributed by atoms with Crippen LogP contribution >= 0.6 is 0 Å². The van der Waals surface area contributed by atoms with E-state index < -0.39 is 10.0 Å². The van der Waals surface area contributed by atoms with Gasteiger partial charge in [-0.05, 0) is 55.2 Å². The predicted molar refractivity (Wildman–Crippen MR) is 115 cm³/mol. The van der Waals surface area contributed by atoms with Gasteiger partial charge in [-0.15, -0.1) is 0 Å². The molecule has 1 fully saturated rings. The quantitative estimate of drug-likeness (QED) is 0.727. The number of ether oxygens (including phenoxy) is 2. The van der Waals surface area contributed by atoms with Crippen LogP contribution in [-0.4, -0.2) is 45.9 Å². The van der Waals surface area contributed by atoms with Crippen LogP contribution in [0.2, 0.25) is 0 Å². The first-order valence-electron chi connectivity index (χ1n) is 9.96. The zero-order chi connectivity index (χ0) is 21.7. The molecule has 1 N–H and O–H groups in total. The number of sulfonamides is 1. The van der Waals surface area contributed by atoms with E-state index in [0.717, 1.165) is 24.8 Å². The molecule has 3 rings (SSSR count). The second-order valence-electron chi connectivity index (χ2n) is 7.35. The van der Waals surface area contributed by atoms with Crippen LogP contribution < -0.4 is 14.8 Å². The van der Waals surface area contributed by atoms with Crippen LogP contribution in [0.15, 0.2) is 41.3 Å². The van der Waals surface area contributed by atoms with Gasteiger partial charge in [0, 0.05) is 31.3 Å². The molecule has 8 heteroatoms. The van der Waals surface area contributed by atoms with Gasteiger partial charge in [-0.3, -0.25) is 4.79 Å².